The average Bonchev–Trinajstić information content (AvgIpc) is 3.11. The first-order chi connectivity index (χ1) is 23.4. The molecule has 2 atom stereocenters. The van der Waals surface area contributed by atoms with Crippen LogP contribution >= 0.6 is 0 Å². The second-order valence-corrected chi connectivity index (χ2v) is 13.7. The molecule has 0 spiro atoms. The third kappa shape index (κ3) is 11.0. The first-order valence-electron chi connectivity index (χ1n) is 15.8. The molecule has 0 heterocycles. The Labute approximate surface area is 287 Å². The number of nitrogens with one attached hydrogen (secondary N) is 3. The molecule has 258 valence electrons. The third-order valence-corrected chi connectivity index (χ3v) is 9.16. The topological polar surface area (TPSA) is 154 Å². The summed E-state index contributed by atoms with van der Waals surface area (Å²) in [5.74, 6) is -1.50. The van der Waals surface area contributed by atoms with Crippen LogP contribution in [0.2, 0.25) is 0 Å². The standard InChI is InChI=1S/C37H42N4O7S/c1-41(49(3,46)47)32-22-30(35(43)39-18-17-26-11-6-4-7-12-26)21-31(23-32)36(44)40-33(20-27-13-8-5-9-14-27)34(42)25-38-24-28-15-10-16-29(19-28)37(45)48-2/h4-16,19,21-23,33-34,38,42H,17-18,20,24-25H2,1-3H3,(H,39,43)(H,40,44)/t33-,34+/m0/s1. The Kier molecular flexibility index (Phi) is 13.1. The molecule has 0 aromatic heterocycles. The highest BCUT2D eigenvalue weighted by Gasteiger charge is 2.24. The summed E-state index contributed by atoms with van der Waals surface area (Å²) < 4.78 is 30.6. The second-order valence-electron chi connectivity index (χ2n) is 11.7. The second kappa shape index (κ2) is 17.4. The largest absolute Gasteiger partial charge is 0.465 e. The summed E-state index contributed by atoms with van der Waals surface area (Å²) in [4.78, 5) is 38.9. The molecule has 0 unspecified atom stereocenters. The van der Waals surface area contributed by atoms with E-state index < -0.39 is 40.0 Å². The van der Waals surface area contributed by atoms with E-state index in [9.17, 15) is 27.9 Å². The van der Waals surface area contributed by atoms with E-state index in [1.165, 1.54) is 32.4 Å². The quantitative estimate of drug-likeness (QED) is 0.131. The van der Waals surface area contributed by atoms with Crippen LogP contribution < -0.4 is 20.3 Å². The van der Waals surface area contributed by atoms with Crippen molar-refractivity contribution in [3.63, 3.8) is 0 Å². The lowest BCUT2D eigenvalue weighted by Crippen LogP contribution is -2.48. The summed E-state index contributed by atoms with van der Waals surface area (Å²) in [6, 6.07) is 29.4. The van der Waals surface area contributed by atoms with Crippen LogP contribution in [0.25, 0.3) is 0 Å². The minimum atomic E-state index is -3.72. The highest BCUT2D eigenvalue weighted by molar-refractivity contribution is 7.92. The summed E-state index contributed by atoms with van der Waals surface area (Å²) >= 11 is 0. The normalized spacial score (nSPS) is 12.4. The summed E-state index contributed by atoms with van der Waals surface area (Å²) in [6.07, 6.45) is 0.871. The molecule has 0 aliphatic carbocycles. The van der Waals surface area contributed by atoms with Crippen LogP contribution in [0, 0.1) is 0 Å². The van der Waals surface area contributed by atoms with Crippen LogP contribution in [0.5, 0.6) is 0 Å². The number of aliphatic hydroxyl groups is 1. The number of ether oxygens (including phenoxy) is 1. The molecule has 4 aromatic carbocycles. The van der Waals surface area contributed by atoms with Gasteiger partial charge < -0.3 is 25.8 Å². The van der Waals surface area contributed by atoms with E-state index in [0.717, 1.165) is 27.3 Å². The molecule has 4 N–H and O–H groups in total. The van der Waals surface area contributed by atoms with Gasteiger partial charge in [-0.15, -0.1) is 0 Å². The Morgan fingerprint density at radius 2 is 1.41 bits per heavy atom. The molecule has 4 aromatic rings. The molecule has 0 bridgehead atoms. The molecular formula is C37H42N4O7S. The van der Waals surface area contributed by atoms with Crippen LogP contribution in [-0.2, 0) is 34.1 Å². The van der Waals surface area contributed by atoms with Crippen LogP contribution in [0.3, 0.4) is 0 Å². The van der Waals surface area contributed by atoms with Crippen LogP contribution in [0.4, 0.5) is 5.69 Å². The maximum atomic E-state index is 13.8. The van der Waals surface area contributed by atoms with Crippen molar-refractivity contribution < 1.29 is 32.6 Å². The van der Waals surface area contributed by atoms with Gasteiger partial charge in [-0.05, 0) is 59.9 Å². The molecule has 12 heteroatoms. The average molecular weight is 687 g/mol. The lowest BCUT2D eigenvalue weighted by Gasteiger charge is -2.25. The SMILES string of the molecule is COC(=O)c1cccc(CNC[C@@H](O)[C@H](Cc2ccccc2)NC(=O)c2cc(C(=O)NCCc3ccccc3)cc(N(C)S(C)(=O)=O)c2)c1. The third-order valence-electron chi connectivity index (χ3n) is 7.96. The number of anilines is 1. The van der Waals surface area contributed by atoms with E-state index in [1.807, 2.05) is 66.7 Å². The van der Waals surface area contributed by atoms with Crippen molar-refractivity contribution in [1.82, 2.24) is 16.0 Å². The molecule has 0 fully saturated rings. The van der Waals surface area contributed by atoms with Gasteiger partial charge >= 0.3 is 5.97 Å². The number of rotatable bonds is 16. The van der Waals surface area contributed by atoms with Crippen LogP contribution in [0.15, 0.2) is 103 Å². The van der Waals surface area contributed by atoms with E-state index in [4.69, 9.17) is 4.74 Å². The van der Waals surface area contributed by atoms with Gasteiger partial charge in [-0.25, -0.2) is 13.2 Å². The number of sulfonamides is 1. The smallest absolute Gasteiger partial charge is 0.337 e. The Balaban J connectivity index is 1.53. The maximum Gasteiger partial charge on any atom is 0.337 e. The highest BCUT2D eigenvalue weighted by atomic mass is 32.2. The maximum absolute atomic E-state index is 13.8. The number of benzene rings is 4. The zero-order valence-corrected chi connectivity index (χ0v) is 28.6. The molecule has 11 nitrogen and oxygen atoms in total. The first-order valence-corrected chi connectivity index (χ1v) is 17.6. The predicted molar refractivity (Wildman–Crippen MR) is 189 cm³/mol. The van der Waals surface area contributed by atoms with Crippen LogP contribution in [-0.4, -0.2) is 77.0 Å². The number of carbonyl (C=O) groups excluding carboxylic acids is 3. The number of amides is 2. The molecule has 0 aliphatic heterocycles. The summed E-state index contributed by atoms with van der Waals surface area (Å²) in [6.45, 7) is 0.782. The molecular weight excluding hydrogens is 644 g/mol. The number of methoxy groups -OCH3 is 1. The van der Waals surface area contributed by atoms with Crippen molar-refractivity contribution >= 4 is 33.5 Å². The van der Waals surface area contributed by atoms with Crippen molar-refractivity contribution in [3.8, 4) is 0 Å². The van der Waals surface area contributed by atoms with E-state index in [2.05, 4.69) is 16.0 Å². The zero-order valence-electron chi connectivity index (χ0n) is 27.8. The minimum Gasteiger partial charge on any atom is -0.465 e. The Morgan fingerprint density at radius 3 is 2.04 bits per heavy atom. The van der Waals surface area contributed by atoms with Gasteiger partial charge in [0.2, 0.25) is 10.0 Å². The number of nitrogens with zero attached hydrogens (tertiary/aromatic N) is 1. The molecule has 49 heavy (non-hydrogen) atoms. The van der Waals surface area contributed by atoms with Crippen molar-refractivity contribution in [2.75, 3.05) is 37.8 Å². The van der Waals surface area contributed by atoms with Crippen molar-refractivity contribution in [1.29, 1.82) is 0 Å². The Bertz CT molecular complexity index is 1840. The number of carbonyl (C=O) groups is 3. The molecule has 2 amide bonds. The van der Waals surface area contributed by atoms with Gasteiger partial charge in [0.1, 0.15) is 0 Å². The van der Waals surface area contributed by atoms with E-state index in [0.29, 0.717) is 31.5 Å². The summed E-state index contributed by atoms with van der Waals surface area (Å²) in [7, 11) is -1.06. The van der Waals surface area contributed by atoms with Gasteiger partial charge in [-0.1, -0.05) is 72.8 Å². The van der Waals surface area contributed by atoms with Gasteiger partial charge in [-0.2, -0.15) is 0 Å². The van der Waals surface area contributed by atoms with Gasteiger partial charge in [0.15, 0.2) is 0 Å². The van der Waals surface area contributed by atoms with Gasteiger partial charge in [0.05, 0.1) is 36.8 Å². The molecule has 0 aliphatic rings. The van der Waals surface area contributed by atoms with Gasteiger partial charge in [-0.3, -0.25) is 13.9 Å². The van der Waals surface area contributed by atoms with E-state index in [-0.39, 0.29) is 23.4 Å². The monoisotopic (exact) mass is 686 g/mol. The Hall–Kier alpha value is -5.04. The molecule has 0 radical (unpaired) electrons. The fourth-order valence-corrected chi connectivity index (χ4v) is 5.64. The first kappa shape index (κ1) is 36.8. The van der Waals surface area contributed by atoms with E-state index in [1.54, 1.807) is 18.2 Å². The van der Waals surface area contributed by atoms with Gasteiger partial charge in [0.25, 0.3) is 11.8 Å². The number of aliphatic hydroxyl groups excluding tert-OH is 1. The van der Waals surface area contributed by atoms with Crippen LogP contribution in [0.1, 0.15) is 47.8 Å². The Morgan fingerprint density at radius 1 is 0.796 bits per heavy atom. The zero-order chi connectivity index (χ0) is 35.4. The number of hydrogen-bond donors (Lipinski definition) is 4. The lowest BCUT2D eigenvalue weighted by atomic mass is 10.00. The van der Waals surface area contributed by atoms with Gasteiger partial charge in [0, 0.05) is 37.8 Å². The predicted octanol–water partition coefficient (Wildman–Crippen LogP) is 3.33. The highest BCUT2D eigenvalue weighted by Crippen LogP contribution is 2.21. The van der Waals surface area contributed by atoms with Crippen molar-refractivity contribution in [3.05, 3.63) is 137 Å². The number of hydrogen-bond acceptors (Lipinski definition) is 8. The molecule has 4 rings (SSSR count). The van der Waals surface area contributed by atoms with Crippen molar-refractivity contribution in [2.45, 2.75) is 31.5 Å². The van der Waals surface area contributed by atoms with Crippen molar-refractivity contribution in [2.24, 2.45) is 0 Å². The number of esters is 1. The lowest BCUT2D eigenvalue weighted by molar-refractivity contribution is 0.0600. The summed E-state index contributed by atoms with van der Waals surface area (Å²) in [5.41, 5.74) is 3.44. The molecule has 0 saturated carbocycles. The van der Waals surface area contributed by atoms with E-state index >= 15 is 0 Å². The minimum absolute atomic E-state index is 0.0547. The molecule has 0 saturated heterocycles. The summed E-state index contributed by atoms with van der Waals surface area (Å²) in [5, 5.41) is 20.2. The fraction of sp³-hybridized carbons (Fsp3) is 0.270. The fourth-order valence-electron chi connectivity index (χ4n) is 5.15.